The van der Waals surface area contributed by atoms with Crippen molar-refractivity contribution in [2.24, 2.45) is 0 Å². The summed E-state index contributed by atoms with van der Waals surface area (Å²) in [6.07, 6.45) is 3.81. The van der Waals surface area contributed by atoms with Crippen LogP contribution in [0, 0.1) is 2.88 Å². The van der Waals surface area contributed by atoms with E-state index in [2.05, 4.69) is 47.8 Å². The van der Waals surface area contributed by atoms with Gasteiger partial charge in [0.15, 0.2) is 0 Å². The lowest BCUT2D eigenvalue weighted by Crippen LogP contribution is -2.39. The first-order valence-corrected chi connectivity index (χ1v) is 7.98. The number of ether oxygens (including phenoxy) is 1. The molecule has 0 spiro atoms. The molecule has 1 aromatic rings. The van der Waals surface area contributed by atoms with E-state index >= 15 is 0 Å². The minimum absolute atomic E-state index is 0.0826. The number of halogens is 1. The van der Waals surface area contributed by atoms with E-state index in [9.17, 15) is 0 Å². The molecule has 2 rings (SSSR count). The minimum Gasteiger partial charge on any atom is -0.377 e. The topological polar surface area (TPSA) is 21.3 Å². The maximum atomic E-state index is 5.46. The molecule has 0 fully saturated rings. The number of thiophene rings is 1. The van der Waals surface area contributed by atoms with Crippen molar-refractivity contribution in [1.82, 2.24) is 5.32 Å². The van der Waals surface area contributed by atoms with Gasteiger partial charge in [-0.1, -0.05) is 0 Å². The average molecular weight is 365 g/mol. The predicted molar refractivity (Wildman–Crippen MR) is 81.8 cm³/mol. The summed E-state index contributed by atoms with van der Waals surface area (Å²) in [5.74, 6) is 0. The fourth-order valence-electron chi connectivity index (χ4n) is 2.17. The van der Waals surface area contributed by atoms with E-state index < -0.39 is 0 Å². The third kappa shape index (κ3) is 3.43. The van der Waals surface area contributed by atoms with Gasteiger partial charge in [-0.2, -0.15) is 0 Å². The van der Waals surface area contributed by atoms with Gasteiger partial charge >= 0.3 is 0 Å². The van der Waals surface area contributed by atoms with Crippen LogP contribution in [-0.4, -0.2) is 19.3 Å². The summed E-state index contributed by atoms with van der Waals surface area (Å²) >= 11 is 4.38. The fourth-order valence-corrected chi connectivity index (χ4v) is 4.29. The summed E-state index contributed by atoms with van der Waals surface area (Å²) in [5.41, 5.74) is 1.44. The molecule has 1 atom stereocenters. The molecule has 1 aromatic heterocycles. The van der Waals surface area contributed by atoms with E-state index in [4.69, 9.17) is 4.74 Å². The monoisotopic (exact) mass is 365 g/mol. The normalized spacial score (nSPS) is 20.4. The molecule has 4 heteroatoms. The Morgan fingerprint density at radius 3 is 3.06 bits per heavy atom. The van der Waals surface area contributed by atoms with Gasteiger partial charge in [-0.05, 0) is 67.3 Å². The van der Waals surface area contributed by atoms with Crippen LogP contribution in [-0.2, 0) is 11.2 Å². The van der Waals surface area contributed by atoms with Gasteiger partial charge in [-0.25, -0.2) is 0 Å². The predicted octanol–water partition coefficient (Wildman–Crippen LogP) is 3.74. The third-order valence-electron chi connectivity index (χ3n) is 3.41. The van der Waals surface area contributed by atoms with Gasteiger partial charge in [-0.3, -0.25) is 0 Å². The second-order valence-corrected chi connectivity index (χ2v) is 8.25. The van der Waals surface area contributed by atoms with Crippen LogP contribution in [0.4, 0.5) is 0 Å². The maximum absolute atomic E-state index is 5.46. The van der Waals surface area contributed by atoms with E-state index in [0.29, 0.717) is 6.04 Å². The Hall–Kier alpha value is 0.350. The van der Waals surface area contributed by atoms with Crippen molar-refractivity contribution < 1.29 is 4.74 Å². The highest BCUT2D eigenvalue weighted by atomic mass is 127. The Labute approximate surface area is 121 Å². The molecule has 0 amide bonds. The van der Waals surface area contributed by atoms with Gasteiger partial charge in [0.25, 0.3) is 0 Å². The summed E-state index contributed by atoms with van der Waals surface area (Å²) in [7, 11) is 1.78. The first-order chi connectivity index (χ1) is 8.02. The molecular formula is C13H20INOS. The lowest BCUT2D eigenvalue weighted by Gasteiger charge is -2.29. The highest BCUT2D eigenvalue weighted by molar-refractivity contribution is 14.1. The molecular weight excluding hydrogens is 345 g/mol. The molecule has 0 saturated carbocycles. The quantitative estimate of drug-likeness (QED) is 0.821. The van der Waals surface area contributed by atoms with Crippen LogP contribution in [0.15, 0.2) is 6.07 Å². The maximum Gasteiger partial charge on any atom is 0.0746 e. The number of fused-ring (bicyclic) bond motifs is 1. The number of aryl methyl sites for hydroxylation is 1. The van der Waals surface area contributed by atoms with Crippen molar-refractivity contribution in [1.29, 1.82) is 0 Å². The molecule has 1 aliphatic rings. The Morgan fingerprint density at radius 2 is 2.35 bits per heavy atom. The second kappa shape index (κ2) is 5.55. The van der Waals surface area contributed by atoms with E-state index in [1.165, 1.54) is 27.7 Å². The van der Waals surface area contributed by atoms with Gasteiger partial charge in [0, 0.05) is 24.6 Å². The molecule has 0 bridgehead atoms. The molecule has 1 N–H and O–H groups in total. The fraction of sp³-hybridized carbons (Fsp3) is 0.692. The van der Waals surface area contributed by atoms with Crippen LogP contribution in [0.25, 0.3) is 0 Å². The van der Waals surface area contributed by atoms with Crippen molar-refractivity contribution in [2.75, 3.05) is 13.7 Å². The van der Waals surface area contributed by atoms with E-state index in [-0.39, 0.29) is 5.60 Å². The van der Waals surface area contributed by atoms with Crippen LogP contribution in [0.2, 0.25) is 0 Å². The zero-order valence-electron chi connectivity index (χ0n) is 10.7. The summed E-state index contributed by atoms with van der Waals surface area (Å²) in [6, 6.07) is 2.87. The largest absolute Gasteiger partial charge is 0.377 e. The molecule has 0 saturated heterocycles. The molecule has 96 valence electrons. The molecule has 1 unspecified atom stereocenters. The van der Waals surface area contributed by atoms with E-state index in [1.807, 2.05) is 11.3 Å². The van der Waals surface area contributed by atoms with Crippen molar-refractivity contribution in [3.05, 3.63) is 19.4 Å². The number of hydrogen-bond donors (Lipinski definition) is 1. The molecule has 2 nitrogen and oxygen atoms in total. The zero-order chi connectivity index (χ0) is 12.5. The highest BCUT2D eigenvalue weighted by Crippen LogP contribution is 2.36. The molecule has 1 heterocycles. The molecule has 17 heavy (non-hydrogen) atoms. The van der Waals surface area contributed by atoms with Crippen LogP contribution in [0.3, 0.4) is 0 Å². The molecule has 0 aromatic carbocycles. The van der Waals surface area contributed by atoms with Crippen molar-refractivity contribution in [3.63, 3.8) is 0 Å². The lowest BCUT2D eigenvalue weighted by atomic mass is 9.93. The van der Waals surface area contributed by atoms with Crippen LogP contribution < -0.4 is 5.32 Å². The Bertz CT molecular complexity index is 389. The first kappa shape index (κ1) is 13.8. The van der Waals surface area contributed by atoms with Crippen molar-refractivity contribution in [2.45, 2.75) is 44.8 Å². The van der Waals surface area contributed by atoms with Gasteiger partial charge < -0.3 is 10.1 Å². The number of methoxy groups -OCH3 is 1. The van der Waals surface area contributed by atoms with Crippen LogP contribution in [0.5, 0.6) is 0 Å². The summed E-state index contributed by atoms with van der Waals surface area (Å²) < 4.78 is 6.87. The minimum atomic E-state index is -0.0826. The summed E-state index contributed by atoms with van der Waals surface area (Å²) in [6.45, 7) is 5.16. The highest BCUT2D eigenvalue weighted by Gasteiger charge is 2.25. The van der Waals surface area contributed by atoms with Crippen molar-refractivity contribution >= 4 is 33.9 Å². The number of rotatable bonds is 4. The zero-order valence-corrected chi connectivity index (χ0v) is 13.7. The second-order valence-electron chi connectivity index (χ2n) is 5.22. The Morgan fingerprint density at radius 1 is 1.59 bits per heavy atom. The van der Waals surface area contributed by atoms with Gasteiger partial charge in [-0.15, -0.1) is 11.3 Å². The standard InChI is InChI=1S/C13H20INOS/c1-13(2,16-3)8-15-10-5-4-6-11-9(10)7-12(14)17-11/h7,10,15H,4-6,8H2,1-3H3. The molecule has 1 aliphatic carbocycles. The molecule has 0 aliphatic heterocycles. The van der Waals surface area contributed by atoms with Crippen LogP contribution >= 0.6 is 33.9 Å². The third-order valence-corrected chi connectivity index (χ3v) is 5.38. The Kier molecular flexibility index (Phi) is 4.50. The van der Waals surface area contributed by atoms with Crippen molar-refractivity contribution in [3.8, 4) is 0 Å². The number of hydrogen-bond acceptors (Lipinski definition) is 3. The summed E-state index contributed by atoms with van der Waals surface area (Å²) in [4.78, 5) is 1.58. The smallest absolute Gasteiger partial charge is 0.0746 e. The van der Waals surface area contributed by atoms with Gasteiger partial charge in [0.05, 0.1) is 8.48 Å². The average Bonchev–Trinajstić information content (AvgIpc) is 2.67. The van der Waals surface area contributed by atoms with Gasteiger partial charge in [0.1, 0.15) is 0 Å². The summed E-state index contributed by atoms with van der Waals surface area (Å²) in [5, 5.41) is 3.66. The van der Waals surface area contributed by atoms with Gasteiger partial charge in [0.2, 0.25) is 0 Å². The molecule has 0 radical (unpaired) electrons. The lowest BCUT2D eigenvalue weighted by molar-refractivity contribution is 0.0206. The van der Waals surface area contributed by atoms with E-state index in [0.717, 1.165) is 6.54 Å². The SMILES string of the molecule is COC(C)(C)CNC1CCCc2sc(I)cc21. The Balaban J connectivity index is 2.03. The van der Waals surface area contributed by atoms with E-state index in [1.54, 1.807) is 12.0 Å². The number of nitrogens with one attached hydrogen (secondary N) is 1. The van der Waals surface area contributed by atoms with Crippen LogP contribution in [0.1, 0.15) is 43.2 Å². The first-order valence-electron chi connectivity index (χ1n) is 6.08.